The fraction of sp³-hybridized carbons (Fsp3) is 0.875. The van der Waals surface area contributed by atoms with Gasteiger partial charge in [-0.15, -0.1) is 0 Å². The largest absolute Gasteiger partial charge is 0.387 e. The number of amides is 1. The van der Waals surface area contributed by atoms with Crippen LogP contribution in [0.25, 0.3) is 0 Å². The number of primary amides is 1. The van der Waals surface area contributed by atoms with Crippen LogP contribution in [0.5, 0.6) is 0 Å². The summed E-state index contributed by atoms with van der Waals surface area (Å²) < 4.78 is 9.87. The second kappa shape index (κ2) is 4.86. The van der Waals surface area contributed by atoms with Crippen LogP contribution in [0.15, 0.2) is 0 Å². The lowest BCUT2D eigenvalue weighted by Gasteiger charge is -2.38. The van der Waals surface area contributed by atoms with E-state index in [1.165, 1.54) is 0 Å². The van der Waals surface area contributed by atoms with Crippen LogP contribution in [0.3, 0.4) is 0 Å². The van der Waals surface area contributed by atoms with E-state index in [2.05, 4.69) is 0 Å². The molecule has 0 aromatic rings. The Kier molecular flexibility index (Phi) is 4.00. The topological polar surface area (TPSA) is 122 Å². The first kappa shape index (κ1) is 12.3. The Morgan fingerprint density at radius 1 is 1.33 bits per heavy atom. The number of hydrogen-bond donors (Lipinski definition) is 4. The van der Waals surface area contributed by atoms with E-state index in [0.29, 0.717) is 0 Å². The second-order valence-electron chi connectivity index (χ2n) is 3.25. The summed E-state index contributed by atoms with van der Waals surface area (Å²) in [6.07, 6.45) is -7.01. The minimum absolute atomic E-state index is 0.232. The van der Waals surface area contributed by atoms with Crippen LogP contribution in [-0.4, -0.2) is 58.5 Å². The molecule has 0 aliphatic carbocycles. The van der Waals surface area contributed by atoms with Crippen LogP contribution >= 0.6 is 0 Å². The van der Waals surface area contributed by atoms with Gasteiger partial charge in [-0.05, 0) is 6.92 Å². The van der Waals surface area contributed by atoms with Gasteiger partial charge in [0.2, 0.25) is 5.91 Å². The van der Waals surface area contributed by atoms with Gasteiger partial charge in [-0.2, -0.15) is 0 Å². The molecule has 0 bridgehead atoms. The molecule has 7 heteroatoms. The van der Waals surface area contributed by atoms with Crippen LogP contribution in [0.1, 0.15) is 6.92 Å². The van der Waals surface area contributed by atoms with Crippen LogP contribution < -0.4 is 5.73 Å². The maximum absolute atomic E-state index is 10.9. The zero-order chi connectivity index (χ0) is 11.6. The van der Waals surface area contributed by atoms with Gasteiger partial charge in [0.25, 0.3) is 0 Å². The molecule has 7 nitrogen and oxygen atoms in total. The molecule has 1 heterocycles. The van der Waals surface area contributed by atoms with E-state index >= 15 is 0 Å². The van der Waals surface area contributed by atoms with Gasteiger partial charge in [-0.1, -0.05) is 0 Å². The van der Waals surface area contributed by atoms with Crippen LogP contribution in [0, 0.1) is 0 Å². The van der Waals surface area contributed by atoms with E-state index in [9.17, 15) is 20.1 Å². The maximum atomic E-state index is 10.9. The highest BCUT2D eigenvalue weighted by Gasteiger charge is 2.46. The highest BCUT2D eigenvalue weighted by atomic mass is 16.7. The fourth-order valence-corrected chi connectivity index (χ4v) is 1.39. The average molecular weight is 221 g/mol. The summed E-state index contributed by atoms with van der Waals surface area (Å²) in [7, 11) is 0. The van der Waals surface area contributed by atoms with Gasteiger partial charge in [0.05, 0.1) is 0 Å². The lowest BCUT2D eigenvalue weighted by atomic mass is 9.98. The number of carbonyl (C=O) groups excluding carboxylic acids is 1. The van der Waals surface area contributed by atoms with E-state index in [0.717, 1.165) is 0 Å². The molecule has 0 aromatic heterocycles. The molecule has 1 saturated heterocycles. The number of rotatable bonds is 3. The summed E-state index contributed by atoms with van der Waals surface area (Å²) in [5.41, 5.74) is 4.95. The van der Waals surface area contributed by atoms with Gasteiger partial charge >= 0.3 is 0 Å². The monoisotopic (exact) mass is 221 g/mol. The molecule has 1 rings (SSSR count). The van der Waals surface area contributed by atoms with Crippen LogP contribution in [-0.2, 0) is 14.3 Å². The van der Waals surface area contributed by atoms with Crippen LogP contribution in [0.2, 0.25) is 0 Å². The molecule has 5 N–H and O–H groups in total. The van der Waals surface area contributed by atoms with Crippen LogP contribution in [0.4, 0.5) is 0 Å². The third-order valence-corrected chi connectivity index (χ3v) is 2.18. The summed E-state index contributed by atoms with van der Waals surface area (Å²) in [6, 6.07) is 0. The van der Waals surface area contributed by atoms with Crippen molar-refractivity contribution in [2.45, 2.75) is 37.6 Å². The Morgan fingerprint density at radius 3 is 2.40 bits per heavy atom. The highest BCUT2D eigenvalue weighted by molar-refractivity contribution is 5.79. The Hall–Kier alpha value is -0.730. The van der Waals surface area contributed by atoms with Gasteiger partial charge in [0.15, 0.2) is 12.4 Å². The van der Waals surface area contributed by atoms with Crippen molar-refractivity contribution in [2.75, 3.05) is 6.61 Å². The highest BCUT2D eigenvalue weighted by Crippen LogP contribution is 2.21. The Morgan fingerprint density at radius 2 is 1.93 bits per heavy atom. The molecule has 88 valence electrons. The number of nitrogens with two attached hydrogens (primary N) is 1. The van der Waals surface area contributed by atoms with Crippen molar-refractivity contribution in [3.05, 3.63) is 0 Å². The standard InChI is InChI=1S/C8H15NO6/c1-2-14-8-5(12)3(10)4(11)6(15-8)7(9)13/h3-6,8,10-12H,2H2,1H3,(H2,9,13)/t3?,4-,5+,6?,8-/m0/s1. The molecular weight excluding hydrogens is 206 g/mol. The number of carbonyl (C=O) groups is 1. The molecule has 1 fully saturated rings. The van der Waals surface area contributed by atoms with Crippen molar-refractivity contribution >= 4 is 5.91 Å². The zero-order valence-electron chi connectivity index (χ0n) is 8.24. The number of aliphatic hydroxyl groups excluding tert-OH is 3. The molecule has 5 atom stereocenters. The Bertz CT molecular complexity index is 235. The van der Waals surface area contributed by atoms with E-state index in [1.807, 2.05) is 0 Å². The molecular formula is C8H15NO6. The number of hydrogen-bond acceptors (Lipinski definition) is 6. The summed E-state index contributed by atoms with van der Waals surface area (Å²) >= 11 is 0. The predicted octanol–water partition coefficient (Wildman–Crippen LogP) is -2.68. The lowest BCUT2D eigenvalue weighted by Crippen LogP contribution is -2.61. The molecule has 0 aromatic carbocycles. The summed E-state index contributed by atoms with van der Waals surface area (Å²) in [6.45, 7) is 1.89. The van der Waals surface area contributed by atoms with Crippen molar-refractivity contribution in [1.82, 2.24) is 0 Å². The van der Waals surface area contributed by atoms with Crippen molar-refractivity contribution in [1.29, 1.82) is 0 Å². The maximum Gasteiger partial charge on any atom is 0.249 e. The van der Waals surface area contributed by atoms with E-state index < -0.39 is 36.6 Å². The third-order valence-electron chi connectivity index (χ3n) is 2.18. The summed E-state index contributed by atoms with van der Waals surface area (Å²) in [4.78, 5) is 10.9. The number of ether oxygens (including phenoxy) is 2. The van der Waals surface area contributed by atoms with E-state index in [-0.39, 0.29) is 6.61 Å². The summed E-state index contributed by atoms with van der Waals surface area (Å²) in [5.74, 6) is -0.918. The molecule has 0 radical (unpaired) electrons. The van der Waals surface area contributed by atoms with Crippen molar-refractivity contribution < 1.29 is 29.6 Å². The van der Waals surface area contributed by atoms with Gasteiger partial charge in [-0.25, -0.2) is 0 Å². The van der Waals surface area contributed by atoms with Crippen molar-refractivity contribution in [3.63, 3.8) is 0 Å². The Balaban J connectivity index is 2.75. The summed E-state index contributed by atoms with van der Waals surface area (Å²) in [5, 5.41) is 28.2. The van der Waals surface area contributed by atoms with Crippen molar-refractivity contribution in [2.24, 2.45) is 5.73 Å². The second-order valence-corrected chi connectivity index (χ2v) is 3.25. The molecule has 0 saturated carbocycles. The molecule has 1 amide bonds. The van der Waals surface area contributed by atoms with Gasteiger partial charge < -0.3 is 30.5 Å². The molecule has 15 heavy (non-hydrogen) atoms. The lowest BCUT2D eigenvalue weighted by molar-refractivity contribution is -0.288. The van der Waals surface area contributed by atoms with E-state index in [1.54, 1.807) is 6.92 Å². The fourth-order valence-electron chi connectivity index (χ4n) is 1.39. The van der Waals surface area contributed by atoms with Gasteiger partial charge in [-0.3, -0.25) is 4.79 Å². The van der Waals surface area contributed by atoms with Gasteiger partial charge in [0.1, 0.15) is 18.3 Å². The van der Waals surface area contributed by atoms with E-state index in [4.69, 9.17) is 15.2 Å². The first-order valence-electron chi connectivity index (χ1n) is 4.59. The normalized spacial score (nSPS) is 41.5. The smallest absolute Gasteiger partial charge is 0.249 e. The van der Waals surface area contributed by atoms with Gasteiger partial charge in [0, 0.05) is 6.61 Å². The third kappa shape index (κ3) is 2.44. The minimum atomic E-state index is -1.55. The molecule has 1 aliphatic rings. The molecule has 1 aliphatic heterocycles. The quantitative estimate of drug-likeness (QED) is 0.412. The first-order chi connectivity index (χ1) is 6.99. The predicted molar refractivity (Wildman–Crippen MR) is 47.5 cm³/mol. The first-order valence-corrected chi connectivity index (χ1v) is 4.59. The minimum Gasteiger partial charge on any atom is -0.387 e. The number of aliphatic hydroxyl groups is 3. The zero-order valence-corrected chi connectivity index (χ0v) is 8.24. The SMILES string of the molecule is CCO[C@H]1OC(C(N)=O)[C@@H](O)C(O)[C@H]1O. The van der Waals surface area contributed by atoms with Crippen molar-refractivity contribution in [3.8, 4) is 0 Å². The average Bonchev–Trinajstić information content (AvgIpc) is 2.18. The molecule has 2 unspecified atom stereocenters. The molecule has 0 spiro atoms. The Labute approximate surface area is 86.4 Å².